The molecule has 0 radical (unpaired) electrons. The third-order valence-corrected chi connectivity index (χ3v) is 2.06. The lowest BCUT2D eigenvalue weighted by Gasteiger charge is -2.00. The van der Waals surface area contributed by atoms with Crippen LogP contribution in [0.25, 0.3) is 0 Å². The number of nitrogens with one attached hydrogen (secondary N) is 1. The van der Waals surface area contributed by atoms with E-state index in [1.807, 2.05) is 19.2 Å². The summed E-state index contributed by atoms with van der Waals surface area (Å²) in [5.74, 6) is 6.83. The second kappa shape index (κ2) is 6.34. The van der Waals surface area contributed by atoms with Gasteiger partial charge in [0.2, 0.25) is 0 Å². The van der Waals surface area contributed by atoms with E-state index in [-0.39, 0.29) is 0 Å². The molecular weight excluding hydrogens is 210 g/mol. The van der Waals surface area contributed by atoms with Crippen molar-refractivity contribution in [1.29, 1.82) is 0 Å². The predicted octanol–water partition coefficient (Wildman–Crippen LogP) is 2.31. The first-order valence-electron chi connectivity index (χ1n) is 4.74. The predicted molar refractivity (Wildman–Crippen MR) is 63.4 cm³/mol. The van der Waals surface area contributed by atoms with Gasteiger partial charge in [0, 0.05) is 23.6 Å². The molecule has 0 saturated carbocycles. The van der Waals surface area contributed by atoms with Crippen LogP contribution < -0.4 is 10.1 Å². The summed E-state index contributed by atoms with van der Waals surface area (Å²) in [6.45, 7) is 0.894. The average molecular weight is 224 g/mol. The van der Waals surface area contributed by atoms with Gasteiger partial charge in [-0.2, -0.15) is 0 Å². The lowest BCUT2D eigenvalue weighted by molar-refractivity contribution is 0.414. The van der Waals surface area contributed by atoms with Crippen LogP contribution in [0.3, 0.4) is 0 Å². The van der Waals surface area contributed by atoms with Gasteiger partial charge in [-0.25, -0.2) is 0 Å². The first-order valence-corrected chi connectivity index (χ1v) is 5.12. The summed E-state index contributed by atoms with van der Waals surface area (Å²) in [5, 5.41) is 3.68. The Labute approximate surface area is 95.6 Å². The highest BCUT2D eigenvalue weighted by Gasteiger charge is 1.96. The van der Waals surface area contributed by atoms with Crippen LogP contribution in [0.1, 0.15) is 12.0 Å². The van der Waals surface area contributed by atoms with Gasteiger partial charge in [0.25, 0.3) is 0 Å². The zero-order valence-electron chi connectivity index (χ0n) is 8.93. The summed E-state index contributed by atoms with van der Waals surface area (Å²) in [6, 6.07) is 5.47. The Morgan fingerprint density at radius 1 is 1.40 bits per heavy atom. The second-order valence-electron chi connectivity index (χ2n) is 3.04. The molecule has 0 unspecified atom stereocenters. The fourth-order valence-corrected chi connectivity index (χ4v) is 1.33. The van der Waals surface area contributed by atoms with Crippen molar-refractivity contribution in [2.24, 2.45) is 0 Å². The second-order valence-corrected chi connectivity index (χ2v) is 3.47. The molecule has 0 aliphatic carbocycles. The molecule has 0 aromatic heterocycles. The molecule has 3 heteroatoms. The molecule has 0 aliphatic heterocycles. The Bertz CT molecular complexity index is 379. The Morgan fingerprint density at radius 2 is 2.20 bits per heavy atom. The highest BCUT2D eigenvalue weighted by molar-refractivity contribution is 6.30. The molecule has 0 atom stereocenters. The van der Waals surface area contributed by atoms with Crippen molar-refractivity contribution in [2.45, 2.75) is 6.42 Å². The van der Waals surface area contributed by atoms with Crippen molar-refractivity contribution in [2.75, 3.05) is 20.7 Å². The number of halogens is 1. The topological polar surface area (TPSA) is 21.3 Å². The molecule has 0 saturated heterocycles. The fraction of sp³-hybridized carbons (Fsp3) is 0.333. The molecule has 0 spiro atoms. The highest BCUT2D eigenvalue weighted by Crippen LogP contribution is 2.19. The van der Waals surface area contributed by atoms with Gasteiger partial charge in [0.15, 0.2) is 0 Å². The summed E-state index contributed by atoms with van der Waals surface area (Å²) in [4.78, 5) is 0. The van der Waals surface area contributed by atoms with Crippen LogP contribution in [0, 0.1) is 11.8 Å². The van der Waals surface area contributed by atoms with Gasteiger partial charge in [0.1, 0.15) is 5.75 Å². The van der Waals surface area contributed by atoms with Gasteiger partial charge in [-0.05, 0) is 25.2 Å². The minimum absolute atomic E-state index is 0.646. The molecule has 1 aromatic rings. The number of hydrogen-bond donors (Lipinski definition) is 1. The molecule has 1 aromatic carbocycles. The lowest BCUT2D eigenvalue weighted by atomic mass is 10.2. The summed E-state index contributed by atoms with van der Waals surface area (Å²) in [6.07, 6.45) is 0.825. The Kier molecular flexibility index (Phi) is 5.03. The SMILES string of the molecule is CNCCC#Cc1cc(Cl)cc(OC)c1. The monoisotopic (exact) mass is 223 g/mol. The standard InChI is InChI=1S/C12H14ClNO/c1-14-6-4-3-5-10-7-11(13)9-12(8-10)15-2/h7-9,14H,4,6H2,1-2H3. The molecular formula is C12H14ClNO. The molecule has 80 valence electrons. The number of ether oxygens (including phenoxy) is 1. The van der Waals surface area contributed by atoms with E-state index in [1.165, 1.54) is 0 Å². The minimum atomic E-state index is 0.646. The maximum Gasteiger partial charge on any atom is 0.121 e. The van der Waals surface area contributed by atoms with Crippen molar-refractivity contribution < 1.29 is 4.74 Å². The van der Waals surface area contributed by atoms with Crippen molar-refractivity contribution in [3.8, 4) is 17.6 Å². The van der Waals surface area contributed by atoms with Crippen LogP contribution in [-0.4, -0.2) is 20.7 Å². The smallest absolute Gasteiger partial charge is 0.121 e. The largest absolute Gasteiger partial charge is 0.497 e. The maximum absolute atomic E-state index is 5.91. The molecule has 0 bridgehead atoms. The van der Waals surface area contributed by atoms with Crippen LogP contribution in [0.4, 0.5) is 0 Å². The van der Waals surface area contributed by atoms with E-state index in [1.54, 1.807) is 13.2 Å². The molecule has 2 nitrogen and oxygen atoms in total. The minimum Gasteiger partial charge on any atom is -0.497 e. The number of benzene rings is 1. The summed E-state index contributed by atoms with van der Waals surface area (Å²) < 4.78 is 5.10. The van der Waals surface area contributed by atoms with E-state index in [0.717, 1.165) is 24.3 Å². The Hall–Kier alpha value is -1.17. The van der Waals surface area contributed by atoms with Gasteiger partial charge in [-0.1, -0.05) is 23.4 Å². The van der Waals surface area contributed by atoms with Gasteiger partial charge in [-0.3, -0.25) is 0 Å². The van der Waals surface area contributed by atoms with E-state index in [4.69, 9.17) is 16.3 Å². The zero-order chi connectivity index (χ0) is 11.1. The molecule has 0 aliphatic rings. The maximum atomic E-state index is 5.91. The molecule has 15 heavy (non-hydrogen) atoms. The summed E-state index contributed by atoms with van der Waals surface area (Å²) in [5.41, 5.74) is 0.885. The zero-order valence-corrected chi connectivity index (χ0v) is 9.69. The average Bonchev–Trinajstić information content (AvgIpc) is 2.23. The van der Waals surface area contributed by atoms with Crippen LogP contribution in [0.2, 0.25) is 5.02 Å². The van der Waals surface area contributed by atoms with Crippen molar-refractivity contribution in [3.05, 3.63) is 28.8 Å². The van der Waals surface area contributed by atoms with Gasteiger partial charge in [-0.15, -0.1) is 0 Å². The van der Waals surface area contributed by atoms with Crippen molar-refractivity contribution in [3.63, 3.8) is 0 Å². The molecule has 0 fully saturated rings. The van der Waals surface area contributed by atoms with E-state index < -0.39 is 0 Å². The molecule has 1 rings (SSSR count). The quantitative estimate of drug-likeness (QED) is 0.627. The van der Waals surface area contributed by atoms with Crippen LogP contribution in [-0.2, 0) is 0 Å². The Morgan fingerprint density at radius 3 is 2.87 bits per heavy atom. The van der Waals surface area contributed by atoms with Crippen LogP contribution in [0.5, 0.6) is 5.75 Å². The highest BCUT2D eigenvalue weighted by atomic mass is 35.5. The first kappa shape index (κ1) is 11.9. The van der Waals surface area contributed by atoms with Gasteiger partial charge < -0.3 is 10.1 Å². The normalized spacial score (nSPS) is 9.27. The summed E-state index contributed by atoms with van der Waals surface area (Å²) in [7, 11) is 3.52. The summed E-state index contributed by atoms with van der Waals surface area (Å²) >= 11 is 5.91. The van der Waals surface area contributed by atoms with Gasteiger partial charge >= 0.3 is 0 Å². The first-order chi connectivity index (χ1) is 7.26. The molecule has 1 N–H and O–H groups in total. The molecule has 0 heterocycles. The third-order valence-electron chi connectivity index (χ3n) is 1.84. The van der Waals surface area contributed by atoms with Crippen molar-refractivity contribution in [1.82, 2.24) is 5.32 Å². The van der Waals surface area contributed by atoms with E-state index in [2.05, 4.69) is 17.2 Å². The van der Waals surface area contributed by atoms with E-state index in [9.17, 15) is 0 Å². The molecule has 0 amide bonds. The lowest BCUT2D eigenvalue weighted by Crippen LogP contribution is -2.05. The van der Waals surface area contributed by atoms with E-state index in [0.29, 0.717) is 5.02 Å². The van der Waals surface area contributed by atoms with Crippen LogP contribution >= 0.6 is 11.6 Å². The van der Waals surface area contributed by atoms with Gasteiger partial charge in [0.05, 0.1) is 7.11 Å². The van der Waals surface area contributed by atoms with Crippen LogP contribution in [0.15, 0.2) is 18.2 Å². The van der Waals surface area contributed by atoms with Crippen molar-refractivity contribution >= 4 is 11.6 Å². The number of rotatable bonds is 3. The fourth-order valence-electron chi connectivity index (χ4n) is 1.10. The number of methoxy groups -OCH3 is 1. The Balaban J connectivity index is 2.74. The number of hydrogen-bond acceptors (Lipinski definition) is 2. The third kappa shape index (κ3) is 4.24. The van der Waals surface area contributed by atoms with E-state index >= 15 is 0 Å².